The highest BCUT2D eigenvalue weighted by Crippen LogP contribution is 2.04. The molecule has 0 aliphatic heterocycles. The van der Waals surface area contributed by atoms with Gasteiger partial charge in [-0.1, -0.05) is 13.3 Å². The molecule has 0 aliphatic carbocycles. The number of carboxylic acids is 1. The lowest BCUT2D eigenvalue weighted by atomic mass is 10.0. The highest BCUT2D eigenvalue weighted by molar-refractivity contribution is 5.77. The van der Waals surface area contributed by atoms with Gasteiger partial charge in [0.15, 0.2) is 0 Å². The molecule has 0 fully saturated rings. The summed E-state index contributed by atoms with van der Waals surface area (Å²) in [6.45, 7) is 1.49. The van der Waals surface area contributed by atoms with Crippen molar-refractivity contribution in [3.8, 4) is 0 Å². The number of hydrogen-bond acceptors (Lipinski definition) is 4. The molecule has 1 heterocycles. The van der Waals surface area contributed by atoms with Crippen LogP contribution in [0, 0.1) is 5.92 Å². The topological polar surface area (TPSA) is 121 Å². The van der Waals surface area contributed by atoms with Gasteiger partial charge in [0, 0.05) is 18.7 Å². The molecule has 1 rings (SSSR count). The smallest absolute Gasteiger partial charge is 0.308 e. The highest BCUT2D eigenvalue weighted by Gasteiger charge is 2.17. The number of rotatable bonds is 7. The van der Waals surface area contributed by atoms with Crippen LogP contribution in [-0.2, 0) is 16.1 Å². The first kappa shape index (κ1) is 15.7. The Bertz CT molecular complexity index is 589. The first-order valence-corrected chi connectivity index (χ1v) is 6.23. The highest BCUT2D eigenvalue weighted by atomic mass is 16.4. The van der Waals surface area contributed by atoms with Crippen LogP contribution in [0.25, 0.3) is 0 Å². The number of carbonyl (C=O) groups excluding carboxylic acids is 1. The van der Waals surface area contributed by atoms with Crippen molar-refractivity contribution in [2.75, 3.05) is 6.54 Å². The Morgan fingerprint density at radius 3 is 2.70 bits per heavy atom. The SMILES string of the molecule is CCCC(CNC(=O)Cn1[nH]c(=O)ccc1=O)C(=O)O. The van der Waals surface area contributed by atoms with Gasteiger partial charge in [0.25, 0.3) is 11.1 Å². The third-order valence-electron chi connectivity index (χ3n) is 2.72. The molecule has 0 saturated carbocycles. The molecule has 3 N–H and O–H groups in total. The lowest BCUT2D eigenvalue weighted by molar-refractivity contribution is -0.141. The van der Waals surface area contributed by atoms with Gasteiger partial charge < -0.3 is 10.4 Å². The monoisotopic (exact) mass is 283 g/mol. The third-order valence-corrected chi connectivity index (χ3v) is 2.72. The number of nitrogens with one attached hydrogen (secondary N) is 2. The normalized spacial score (nSPS) is 11.8. The maximum absolute atomic E-state index is 11.6. The maximum atomic E-state index is 11.6. The quantitative estimate of drug-likeness (QED) is 0.602. The van der Waals surface area contributed by atoms with Crippen molar-refractivity contribution in [2.45, 2.75) is 26.3 Å². The predicted molar refractivity (Wildman–Crippen MR) is 70.4 cm³/mol. The lowest BCUT2D eigenvalue weighted by Gasteiger charge is -2.12. The average molecular weight is 283 g/mol. The molecule has 8 nitrogen and oxygen atoms in total. The van der Waals surface area contributed by atoms with Crippen molar-refractivity contribution in [3.63, 3.8) is 0 Å². The molecule has 0 saturated heterocycles. The molecule has 0 radical (unpaired) electrons. The van der Waals surface area contributed by atoms with Crippen LogP contribution in [0.1, 0.15) is 19.8 Å². The van der Waals surface area contributed by atoms with Crippen LogP contribution in [0.3, 0.4) is 0 Å². The fourth-order valence-corrected chi connectivity index (χ4v) is 1.68. The van der Waals surface area contributed by atoms with Crippen LogP contribution in [0.5, 0.6) is 0 Å². The van der Waals surface area contributed by atoms with E-state index in [-0.39, 0.29) is 13.1 Å². The Labute approximate surface area is 114 Å². The van der Waals surface area contributed by atoms with Gasteiger partial charge in [0.05, 0.1) is 5.92 Å². The molecule has 0 bridgehead atoms. The van der Waals surface area contributed by atoms with Crippen LogP contribution >= 0.6 is 0 Å². The first-order chi connectivity index (χ1) is 9.43. The van der Waals surface area contributed by atoms with E-state index >= 15 is 0 Å². The standard InChI is InChI=1S/C12H17N3O5/c1-2-3-8(12(19)20)6-13-10(17)7-15-11(18)5-4-9(16)14-15/h4-5,8H,2-3,6-7H2,1H3,(H,13,17)(H,14,16)(H,19,20). The fourth-order valence-electron chi connectivity index (χ4n) is 1.68. The Hall–Kier alpha value is -2.38. The minimum Gasteiger partial charge on any atom is -0.481 e. The molecule has 1 unspecified atom stereocenters. The van der Waals surface area contributed by atoms with Crippen LogP contribution in [-0.4, -0.2) is 33.3 Å². The summed E-state index contributed by atoms with van der Waals surface area (Å²) in [7, 11) is 0. The Morgan fingerprint density at radius 1 is 1.40 bits per heavy atom. The summed E-state index contributed by atoms with van der Waals surface area (Å²) >= 11 is 0. The average Bonchev–Trinajstić information content (AvgIpc) is 2.38. The molecule has 0 aliphatic rings. The second-order valence-electron chi connectivity index (χ2n) is 4.36. The van der Waals surface area contributed by atoms with E-state index in [0.29, 0.717) is 12.8 Å². The minimum atomic E-state index is -0.975. The second-order valence-corrected chi connectivity index (χ2v) is 4.36. The lowest BCUT2D eigenvalue weighted by Crippen LogP contribution is -2.38. The molecule has 1 amide bonds. The van der Waals surface area contributed by atoms with E-state index < -0.39 is 28.9 Å². The van der Waals surface area contributed by atoms with Crippen LogP contribution in [0.2, 0.25) is 0 Å². The van der Waals surface area contributed by atoms with E-state index in [9.17, 15) is 19.2 Å². The predicted octanol–water partition coefficient (Wildman–Crippen LogP) is -0.846. The van der Waals surface area contributed by atoms with E-state index in [0.717, 1.165) is 16.8 Å². The Balaban J connectivity index is 2.59. The fraction of sp³-hybridized carbons (Fsp3) is 0.500. The maximum Gasteiger partial charge on any atom is 0.308 e. The Morgan fingerprint density at radius 2 is 2.10 bits per heavy atom. The zero-order chi connectivity index (χ0) is 15.1. The van der Waals surface area contributed by atoms with Crippen LogP contribution in [0.4, 0.5) is 0 Å². The summed E-state index contributed by atoms with van der Waals surface area (Å²) in [5.41, 5.74) is -1.00. The second kappa shape index (κ2) is 7.27. The summed E-state index contributed by atoms with van der Waals surface area (Å²) in [6.07, 6.45) is 1.15. The largest absolute Gasteiger partial charge is 0.481 e. The van der Waals surface area contributed by atoms with Crippen molar-refractivity contribution >= 4 is 11.9 Å². The number of aliphatic carboxylic acids is 1. The van der Waals surface area contributed by atoms with E-state index in [1.54, 1.807) is 0 Å². The zero-order valence-electron chi connectivity index (χ0n) is 11.1. The molecule has 1 aromatic rings. The number of aromatic nitrogens is 2. The van der Waals surface area contributed by atoms with Crippen LogP contribution < -0.4 is 16.4 Å². The molecule has 0 spiro atoms. The van der Waals surface area contributed by atoms with Crippen LogP contribution in [0.15, 0.2) is 21.7 Å². The number of H-pyrrole nitrogens is 1. The molecule has 1 aromatic heterocycles. The molecule has 0 aromatic carbocycles. The van der Waals surface area contributed by atoms with Gasteiger partial charge in [-0.25, -0.2) is 4.68 Å². The van der Waals surface area contributed by atoms with E-state index in [1.807, 2.05) is 6.92 Å². The summed E-state index contributed by atoms with van der Waals surface area (Å²) in [4.78, 5) is 44.9. The number of hydrogen-bond donors (Lipinski definition) is 3. The number of amides is 1. The van der Waals surface area contributed by atoms with Crippen molar-refractivity contribution in [2.24, 2.45) is 5.92 Å². The van der Waals surface area contributed by atoms with E-state index in [2.05, 4.69) is 10.4 Å². The third kappa shape index (κ3) is 4.71. The molecule has 1 atom stereocenters. The van der Waals surface area contributed by atoms with Crippen molar-refractivity contribution in [1.29, 1.82) is 0 Å². The summed E-state index contributed by atoms with van der Waals surface area (Å²) in [6, 6.07) is 2.13. The van der Waals surface area contributed by atoms with Gasteiger partial charge in [-0.2, -0.15) is 0 Å². The zero-order valence-corrected chi connectivity index (χ0v) is 11.1. The molecular weight excluding hydrogens is 266 g/mol. The number of aromatic amines is 1. The summed E-state index contributed by atoms with van der Waals surface area (Å²) in [5.74, 6) is -2.16. The van der Waals surface area contributed by atoms with Gasteiger partial charge in [0.1, 0.15) is 6.54 Å². The summed E-state index contributed by atoms with van der Waals surface area (Å²) < 4.78 is 0.868. The van der Waals surface area contributed by atoms with Gasteiger partial charge in [0.2, 0.25) is 5.91 Å². The molecule has 110 valence electrons. The van der Waals surface area contributed by atoms with E-state index in [4.69, 9.17) is 5.11 Å². The molecule has 8 heteroatoms. The van der Waals surface area contributed by atoms with Gasteiger partial charge in [-0.3, -0.25) is 24.3 Å². The molecular formula is C12H17N3O5. The van der Waals surface area contributed by atoms with Crippen molar-refractivity contribution in [3.05, 3.63) is 32.8 Å². The van der Waals surface area contributed by atoms with Gasteiger partial charge in [-0.15, -0.1) is 0 Å². The van der Waals surface area contributed by atoms with Crippen molar-refractivity contribution in [1.82, 2.24) is 15.1 Å². The Kier molecular flexibility index (Phi) is 5.70. The molecule has 20 heavy (non-hydrogen) atoms. The van der Waals surface area contributed by atoms with Gasteiger partial charge in [-0.05, 0) is 6.42 Å². The van der Waals surface area contributed by atoms with Crippen molar-refractivity contribution < 1.29 is 14.7 Å². The number of nitrogens with zero attached hydrogens (tertiary/aromatic N) is 1. The first-order valence-electron chi connectivity index (χ1n) is 6.23. The van der Waals surface area contributed by atoms with E-state index in [1.165, 1.54) is 0 Å². The number of carbonyl (C=O) groups is 2. The number of carboxylic acid groups (broad SMARTS) is 1. The van der Waals surface area contributed by atoms with Gasteiger partial charge >= 0.3 is 5.97 Å². The minimum absolute atomic E-state index is 0.00613. The summed E-state index contributed by atoms with van der Waals surface area (Å²) in [5, 5.41) is 13.6.